The van der Waals surface area contributed by atoms with Crippen molar-refractivity contribution in [1.29, 1.82) is 0 Å². The van der Waals surface area contributed by atoms with Crippen LogP contribution in [0.5, 0.6) is 0 Å². The number of nitrogens with two attached hydrogens (primary N) is 1. The van der Waals surface area contributed by atoms with Crippen LogP contribution in [0.25, 0.3) is 11.1 Å². The number of anilines is 1. The highest BCUT2D eigenvalue weighted by molar-refractivity contribution is 6.34. The third-order valence-corrected chi connectivity index (χ3v) is 5.73. The van der Waals surface area contributed by atoms with Gasteiger partial charge in [0.25, 0.3) is 5.91 Å². The first-order valence-corrected chi connectivity index (χ1v) is 10.1. The van der Waals surface area contributed by atoms with E-state index in [1.807, 2.05) is 11.8 Å². The molecule has 0 bridgehead atoms. The lowest BCUT2D eigenvalue weighted by molar-refractivity contribution is 0.0947. The molecule has 1 aliphatic carbocycles. The Bertz CT molecular complexity index is 942. The average molecular weight is 421 g/mol. The van der Waals surface area contributed by atoms with Crippen molar-refractivity contribution in [2.45, 2.75) is 31.7 Å². The van der Waals surface area contributed by atoms with Crippen LogP contribution in [0, 0.1) is 17.6 Å². The smallest absolute Gasteiger partial charge is 0.272 e. The van der Waals surface area contributed by atoms with E-state index in [0.717, 1.165) is 18.9 Å². The maximum absolute atomic E-state index is 13.9. The van der Waals surface area contributed by atoms with Crippen LogP contribution in [0.4, 0.5) is 14.5 Å². The van der Waals surface area contributed by atoms with E-state index in [0.29, 0.717) is 43.2 Å². The highest BCUT2D eigenvalue weighted by Gasteiger charge is 2.35. The van der Waals surface area contributed by atoms with E-state index in [1.54, 1.807) is 0 Å². The molecular formula is C21H23ClF2N4O. The van der Waals surface area contributed by atoms with Crippen LogP contribution < -0.4 is 16.0 Å². The van der Waals surface area contributed by atoms with Gasteiger partial charge in [0.05, 0.1) is 10.7 Å². The van der Waals surface area contributed by atoms with E-state index in [4.69, 9.17) is 17.3 Å². The molecule has 1 amide bonds. The number of nitrogens with one attached hydrogen (secondary N) is 1. The molecule has 2 aromatic rings. The third-order valence-electron chi connectivity index (χ3n) is 5.44. The number of nitrogens with zero attached hydrogens (tertiary/aromatic N) is 2. The average Bonchev–Trinajstić information content (AvgIpc) is 3.40. The molecule has 1 aromatic heterocycles. The zero-order chi connectivity index (χ0) is 20.8. The summed E-state index contributed by atoms with van der Waals surface area (Å²) >= 11 is 6.44. The fourth-order valence-corrected chi connectivity index (χ4v) is 3.99. The maximum Gasteiger partial charge on any atom is 0.272 e. The highest BCUT2D eigenvalue weighted by atomic mass is 35.5. The van der Waals surface area contributed by atoms with Gasteiger partial charge in [0, 0.05) is 43.0 Å². The van der Waals surface area contributed by atoms with Crippen molar-refractivity contribution < 1.29 is 13.6 Å². The minimum Gasteiger partial charge on any atom is -0.367 e. The number of halogens is 3. The first-order valence-electron chi connectivity index (χ1n) is 9.70. The first-order chi connectivity index (χ1) is 13.7. The van der Waals surface area contributed by atoms with E-state index in [-0.39, 0.29) is 22.2 Å². The molecule has 0 spiro atoms. The zero-order valence-electron chi connectivity index (χ0n) is 16.1. The fourth-order valence-electron chi connectivity index (χ4n) is 3.74. The molecule has 2 fully saturated rings. The molecule has 2 heterocycles. The van der Waals surface area contributed by atoms with E-state index in [2.05, 4.69) is 10.3 Å². The summed E-state index contributed by atoms with van der Waals surface area (Å²) in [6, 6.07) is 3.21. The van der Waals surface area contributed by atoms with Gasteiger partial charge in [0.2, 0.25) is 0 Å². The predicted molar refractivity (Wildman–Crippen MR) is 109 cm³/mol. The number of amides is 1. The molecule has 8 heteroatoms. The Morgan fingerprint density at radius 3 is 2.62 bits per heavy atom. The van der Waals surface area contributed by atoms with Gasteiger partial charge in [0.1, 0.15) is 11.6 Å². The second-order valence-corrected chi connectivity index (χ2v) is 8.72. The Hall–Kier alpha value is -2.25. The van der Waals surface area contributed by atoms with E-state index < -0.39 is 17.2 Å². The minimum absolute atomic E-state index is 0.187. The summed E-state index contributed by atoms with van der Waals surface area (Å²) < 4.78 is 27.9. The van der Waals surface area contributed by atoms with E-state index in [9.17, 15) is 13.6 Å². The van der Waals surface area contributed by atoms with E-state index >= 15 is 0 Å². The van der Waals surface area contributed by atoms with Gasteiger partial charge in [-0.25, -0.2) is 13.8 Å². The Kier molecular flexibility index (Phi) is 5.21. The molecule has 1 saturated heterocycles. The Morgan fingerprint density at radius 1 is 1.34 bits per heavy atom. The number of hydrogen-bond acceptors (Lipinski definition) is 4. The molecule has 29 heavy (non-hydrogen) atoms. The monoisotopic (exact) mass is 420 g/mol. The van der Waals surface area contributed by atoms with Crippen LogP contribution in [0.1, 0.15) is 36.7 Å². The van der Waals surface area contributed by atoms with Crippen LogP contribution >= 0.6 is 11.6 Å². The summed E-state index contributed by atoms with van der Waals surface area (Å²) in [7, 11) is 0. The summed E-state index contributed by atoms with van der Waals surface area (Å²) in [6.45, 7) is 3.58. The molecule has 0 unspecified atom stereocenters. The molecule has 3 N–H and O–H groups in total. The molecular weight excluding hydrogens is 398 g/mol. The minimum atomic E-state index is -0.719. The van der Waals surface area contributed by atoms with Crippen LogP contribution in [0.2, 0.25) is 5.02 Å². The molecule has 2 aliphatic rings. The number of pyridine rings is 1. The lowest BCUT2D eigenvalue weighted by Gasteiger charge is -2.26. The maximum atomic E-state index is 13.9. The number of benzene rings is 1. The molecule has 4 rings (SSSR count). The van der Waals surface area contributed by atoms with Crippen LogP contribution in [0.15, 0.2) is 24.4 Å². The Labute approximate surface area is 173 Å². The summed E-state index contributed by atoms with van der Waals surface area (Å²) in [4.78, 5) is 19.1. The van der Waals surface area contributed by atoms with Gasteiger partial charge >= 0.3 is 0 Å². The first kappa shape index (κ1) is 20.0. The molecule has 5 nitrogen and oxygen atoms in total. The van der Waals surface area contributed by atoms with Crippen LogP contribution in [0.3, 0.4) is 0 Å². The Morgan fingerprint density at radius 2 is 2.03 bits per heavy atom. The summed E-state index contributed by atoms with van der Waals surface area (Å²) in [6.07, 6.45) is 4.27. The van der Waals surface area contributed by atoms with Crippen molar-refractivity contribution in [2.24, 2.45) is 11.7 Å². The quantitative estimate of drug-likeness (QED) is 0.772. The summed E-state index contributed by atoms with van der Waals surface area (Å²) in [5.74, 6) is -1.26. The summed E-state index contributed by atoms with van der Waals surface area (Å²) in [5, 5.41) is 3.13. The Balaban J connectivity index is 1.84. The highest BCUT2D eigenvalue weighted by Crippen LogP contribution is 2.41. The van der Waals surface area contributed by atoms with Crippen molar-refractivity contribution in [2.75, 3.05) is 24.5 Å². The molecule has 0 radical (unpaired) electrons. The molecule has 1 atom stereocenters. The predicted octanol–water partition coefficient (Wildman–Crippen LogP) is 3.75. The lowest BCUT2D eigenvalue weighted by atomic mass is 10.0. The standard InChI is InChI=1S/C21H23ClF2N4O/c1-21(25)4-5-28(11-21)19-17(13-6-14(23)8-15(24)7-13)16(22)10-26-18(19)20(29)27-9-12-2-3-12/h6-8,10,12H,2-5,9,11,25H2,1H3,(H,27,29)/t21-/m0/s1. The number of carbonyl (C=O) groups is 1. The normalized spacial score (nSPS) is 21.5. The SMILES string of the molecule is C[C@]1(N)CCN(c2c(C(=O)NCC3CC3)ncc(Cl)c2-c2cc(F)cc(F)c2)C1. The second-order valence-electron chi connectivity index (χ2n) is 8.32. The van der Waals surface area contributed by atoms with Gasteiger partial charge in [-0.2, -0.15) is 0 Å². The van der Waals surface area contributed by atoms with Crippen molar-refractivity contribution in [3.05, 3.63) is 46.7 Å². The van der Waals surface area contributed by atoms with Gasteiger partial charge in [-0.15, -0.1) is 0 Å². The molecule has 1 aliphatic heterocycles. The second kappa shape index (κ2) is 7.54. The van der Waals surface area contributed by atoms with Gasteiger partial charge in [-0.3, -0.25) is 4.79 Å². The van der Waals surface area contributed by atoms with Crippen LogP contribution in [-0.4, -0.2) is 36.1 Å². The van der Waals surface area contributed by atoms with Crippen molar-refractivity contribution in [1.82, 2.24) is 10.3 Å². The van der Waals surface area contributed by atoms with Gasteiger partial charge < -0.3 is 16.0 Å². The molecule has 1 saturated carbocycles. The van der Waals surface area contributed by atoms with Gasteiger partial charge in [-0.1, -0.05) is 11.6 Å². The van der Waals surface area contributed by atoms with Crippen molar-refractivity contribution >= 4 is 23.2 Å². The van der Waals surface area contributed by atoms with E-state index in [1.165, 1.54) is 18.3 Å². The van der Waals surface area contributed by atoms with Crippen molar-refractivity contribution in [3.63, 3.8) is 0 Å². The summed E-state index contributed by atoms with van der Waals surface area (Å²) in [5.41, 5.74) is 7.14. The number of rotatable bonds is 5. The van der Waals surface area contributed by atoms with Crippen LogP contribution in [-0.2, 0) is 0 Å². The molecule has 154 valence electrons. The largest absolute Gasteiger partial charge is 0.367 e. The number of carbonyl (C=O) groups excluding carboxylic acids is 1. The van der Waals surface area contributed by atoms with Gasteiger partial charge in [0.15, 0.2) is 5.69 Å². The molecule has 1 aromatic carbocycles. The zero-order valence-corrected chi connectivity index (χ0v) is 16.9. The third kappa shape index (κ3) is 4.36. The topological polar surface area (TPSA) is 71.2 Å². The number of aromatic nitrogens is 1. The fraction of sp³-hybridized carbons (Fsp3) is 0.429. The lowest BCUT2D eigenvalue weighted by Crippen LogP contribution is -2.40. The van der Waals surface area contributed by atoms with Crippen molar-refractivity contribution in [3.8, 4) is 11.1 Å². The number of hydrogen-bond donors (Lipinski definition) is 2. The van der Waals surface area contributed by atoms with Gasteiger partial charge in [-0.05, 0) is 49.8 Å².